The van der Waals surface area contributed by atoms with E-state index in [9.17, 15) is 17.6 Å². The van der Waals surface area contributed by atoms with Crippen molar-refractivity contribution >= 4 is 15.9 Å². The molecule has 0 spiro atoms. The number of carbonyl (C=O) groups excluding carboxylic acids is 1. The number of nitrogens with zero attached hydrogens (tertiary/aromatic N) is 2. The summed E-state index contributed by atoms with van der Waals surface area (Å²) in [6.07, 6.45) is 0. The number of ether oxygens (including phenoxy) is 1. The third-order valence-corrected chi connectivity index (χ3v) is 6.67. The Balaban J connectivity index is 1.58. The van der Waals surface area contributed by atoms with Gasteiger partial charge in [-0.25, -0.2) is 12.8 Å². The second-order valence-corrected chi connectivity index (χ2v) is 8.68. The van der Waals surface area contributed by atoms with Crippen LogP contribution in [0.3, 0.4) is 0 Å². The average molecular weight is 406 g/mol. The van der Waals surface area contributed by atoms with E-state index in [0.717, 1.165) is 17.2 Å². The predicted octanol–water partition coefficient (Wildman–Crippen LogP) is 2.35. The van der Waals surface area contributed by atoms with Gasteiger partial charge in [-0.05, 0) is 43.2 Å². The van der Waals surface area contributed by atoms with Crippen molar-refractivity contribution in [3.63, 3.8) is 0 Å². The van der Waals surface area contributed by atoms with Crippen LogP contribution in [0.2, 0.25) is 0 Å². The van der Waals surface area contributed by atoms with Gasteiger partial charge in [0, 0.05) is 26.2 Å². The van der Waals surface area contributed by atoms with Crippen molar-refractivity contribution in [3.05, 3.63) is 59.4 Å². The van der Waals surface area contributed by atoms with Gasteiger partial charge in [-0.3, -0.25) is 4.79 Å². The number of hydrogen-bond donors (Lipinski definition) is 0. The normalized spacial score (nSPS) is 15.5. The zero-order chi connectivity index (χ0) is 20.3. The van der Waals surface area contributed by atoms with E-state index < -0.39 is 15.8 Å². The van der Waals surface area contributed by atoms with E-state index in [4.69, 9.17) is 4.74 Å². The molecular weight excluding hydrogens is 383 g/mol. The van der Waals surface area contributed by atoms with Gasteiger partial charge in [0.25, 0.3) is 5.91 Å². The summed E-state index contributed by atoms with van der Waals surface area (Å²) in [6.45, 7) is 4.46. The van der Waals surface area contributed by atoms with E-state index >= 15 is 0 Å². The molecule has 1 heterocycles. The minimum Gasteiger partial charge on any atom is -0.483 e. The van der Waals surface area contributed by atoms with Crippen molar-refractivity contribution in [2.45, 2.75) is 18.7 Å². The molecule has 0 saturated carbocycles. The largest absolute Gasteiger partial charge is 0.483 e. The van der Waals surface area contributed by atoms with Gasteiger partial charge in [0.1, 0.15) is 16.5 Å². The first-order valence-electron chi connectivity index (χ1n) is 9.01. The summed E-state index contributed by atoms with van der Waals surface area (Å²) in [5.41, 5.74) is 1.99. The highest BCUT2D eigenvalue weighted by Crippen LogP contribution is 2.21. The van der Waals surface area contributed by atoms with Crippen LogP contribution in [-0.4, -0.2) is 56.3 Å². The number of piperazine rings is 1. The number of aryl methyl sites for hydroxylation is 2. The second kappa shape index (κ2) is 8.28. The molecule has 2 aromatic rings. The lowest BCUT2D eigenvalue weighted by Crippen LogP contribution is -2.51. The summed E-state index contributed by atoms with van der Waals surface area (Å²) < 4.78 is 46.0. The molecule has 1 amide bonds. The van der Waals surface area contributed by atoms with Crippen LogP contribution in [0.15, 0.2) is 47.4 Å². The summed E-state index contributed by atoms with van der Waals surface area (Å²) in [4.78, 5) is 13.6. The zero-order valence-corrected chi connectivity index (χ0v) is 16.7. The lowest BCUT2D eigenvalue weighted by Gasteiger charge is -2.34. The summed E-state index contributed by atoms with van der Waals surface area (Å²) in [6, 6.07) is 11.1. The maximum absolute atomic E-state index is 13.9. The Kier molecular flexibility index (Phi) is 6.00. The molecule has 0 bridgehead atoms. The van der Waals surface area contributed by atoms with Crippen LogP contribution >= 0.6 is 0 Å². The van der Waals surface area contributed by atoms with Crippen molar-refractivity contribution in [1.82, 2.24) is 9.21 Å². The van der Waals surface area contributed by atoms with Gasteiger partial charge in [0.2, 0.25) is 10.0 Å². The Bertz CT molecular complexity index is 970. The monoisotopic (exact) mass is 406 g/mol. The highest BCUT2D eigenvalue weighted by Gasteiger charge is 2.31. The molecule has 150 valence electrons. The Labute approximate surface area is 164 Å². The summed E-state index contributed by atoms with van der Waals surface area (Å²) >= 11 is 0. The van der Waals surface area contributed by atoms with Crippen molar-refractivity contribution in [2.24, 2.45) is 0 Å². The molecule has 1 aliphatic heterocycles. The minimum absolute atomic E-state index is 0.107. The lowest BCUT2D eigenvalue weighted by atomic mass is 10.1. The molecule has 1 saturated heterocycles. The van der Waals surface area contributed by atoms with Crippen LogP contribution in [0, 0.1) is 19.7 Å². The van der Waals surface area contributed by atoms with Crippen LogP contribution < -0.4 is 4.74 Å². The maximum Gasteiger partial charge on any atom is 0.260 e. The first kappa shape index (κ1) is 20.3. The third-order valence-electron chi connectivity index (χ3n) is 4.74. The van der Waals surface area contributed by atoms with Crippen LogP contribution in [0.1, 0.15) is 11.1 Å². The van der Waals surface area contributed by atoms with Gasteiger partial charge >= 0.3 is 0 Å². The number of carbonyl (C=O) groups is 1. The quantitative estimate of drug-likeness (QED) is 0.765. The molecule has 6 nitrogen and oxygen atoms in total. The fourth-order valence-electron chi connectivity index (χ4n) is 3.06. The van der Waals surface area contributed by atoms with Crippen LogP contribution in [0.25, 0.3) is 0 Å². The Hall–Kier alpha value is -2.45. The first-order chi connectivity index (χ1) is 13.3. The van der Waals surface area contributed by atoms with E-state index in [1.807, 2.05) is 32.0 Å². The van der Waals surface area contributed by atoms with E-state index in [-0.39, 0.29) is 43.6 Å². The van der Waals surface area contributed by atoms with Crippen molar-refractivity contribution in [2.75, 3.05) is 32.8 Å². The molecule has 0 aliphatic carbocycles. The van der Waals surface area contributed by atoms with Crippen molar-refractivity contribution in [1.29, 1.82) is 0 Å². The molecule has 0 aromatic heterocycles. The second-order valence-electron chi connectivity index (χ2n) is 6.77. The maximum atomic E-state index is 13.9. The van der Waals surface area contributed by atoms with E-state index in [0.29, 0.717) is 5.75 Å². The predicted molar refractivity (Wildman–Crippen MR) is 103 cm³/mol. The molecule has 28 heavy (non-hydrogen) atoms. The van der Waals surface area contributed by atoms with Crippen molar-refractivity contribution < 1.29 is 22.3 Å². The Morgan fingerprint density at radius 2 is 1.75 bits per heavy atom. The highest BCUT2D eigenvalue weighted by atomic mass is 32.2. The van der Waals surface area contributed by atoms with Crippen LogP contribution in [0.5, 0.6) is 5.75 Å². The van der Waals surface area contributed by atoms with Gasteiger partial charge in [0.05, 0.1) is 0 Å². The van der Waals surface area contributed by atoms with E-state index in [2.05, 4.69) is 0 Å². The molecule has 2 aromatic carbocycles. The fraction of sp³-hybridized carbons (Fsp3) is 0.350. The third kappa shape index (κ3) is 4.34. The number of benzene rings is 2. The number of hydrogen-bond acceptors (Lipinski definition) is 4. The number of sulfonamides is 1. The standard InChI is InChI=1S/C20H23FN2O4S/c1-15-7-8-16(2)18(13-15)27-14-20(24)22-9-11-23(12-10-22)28(25,26)19-6-4-3-5-17(19)21/h3-8,13H,9-12,14H2,1-2H3. The lowest BCUT2D eigenvalue weighted by molar-refractivity contribution is -0.134. The van der Waals surface area contributed by atoms with Gasteiger partial charge in [0.15, 0.2) is 6.61 Å². The fourth-order valence-corrected chi connectivity index (χ4v) is 4.55. The van der Waals surface area contributed by atoms with Crippen LogP contribution in [-0.2, 0) is 14.8 Å². The van der Waals surface area contributed by atoms with Gasteiger partial charge < -0.3 is 9.64 Å². The molecule has 8 heteroatoms. The Morgan fingerprint density at radius 3 is 2.43 bits per heavy atom. The molecule has 1 aliphatic rings. The molecule has 0 atom stereocenters. The Morgan fingerprint density at radius 1 is 1.07 bits per heavy atom. The molecular formula is C20H23FN2O4S. The zero-order valence-electron chi connectivity index (χ0n) is 15.9. The molecule has 1 fully saturated rings. The molecule has 3 rings (SSSR count). The SMILES string of the molecule is Cc1ccc(C)c(OCC(=O)N2CCN(S(=O)(=O)c3ccccc3F)CC2)c1. The van der Waals surface area contributed by atoms with Crippen molar-refractivity contribution in [3.8, 4) is 5.75 Å². The van der Waals surface area contributed by atoms with Crippen LogP contribution in [0.4, 0.5) is 4.39 Å². The van der Waals surface area contributed by atoms with Gasteiger partial charge in [-0.2, -0.15) is 4.31 Å². The first-order valence-corrected chi connectivity index (χ1v) is 10.5. The van der Waals surface area contributed by atoms with Gasteiger partial charge in [-0.15, -0.1) is 0 Å². The molecule has 0 radical (unpaired) electrons. The molecule has 0 N–H and O–H groups in total. The highest BCUT2D eigenvalue weighted by molar-refractivity contribution is 7.89. The number of amides is 1. The average Bonchev–Trinajstić information content (AvgIpc) is 2.68. The number of halogens is 1. The summed E-state index contributed by atoms with van der Waals surface area (Å²) in [5.74, 6) is -0.319. The number of rotatable bonds is 5. The smallest absolute Gasteiger partial charge is 0.260 e. The molecule has 0 unspecified atom stereocenters. The summed E-state index contributed by atoms with van der Waals surface area (Å²) in [5, 5.41) is 0. The summed E-state index contributed by atoms with van der Waals surface area (Å²) in [7, 11) is -3.92. The van der Waals surface area contributed by atoms with E-state index in [1.54, 1.807) is 4.90 Å². The topological polar surface area (TPSA) is 66.9 Å². The van der Waals surface area contributed by atoms with Gasteiger partial charge in [-0.1, -0.05) is 24.3 Å². The van der Waals surface area contributed by atoms with E-state index in [1.165, 1.54) is 22.5 Å². The minimum atomic E-state index is -3.92.